The van der Waals surface area contributed by atoms with Gasteiger partial charge in [0, 0.05) is 25.6 Å². The van der Waals surface area contributed by atoms with Gasteiger partial charge >= 0.3 is 12.1 Å². The fourth-order valence-electron chi connectivity index (χ4n) is 2.52. The van der Waals surface area contributed by atoms with Crippen LogP contribution in [-0.4, -0.2) is 52.7 Å². The van der Waals surface area contributed by atoms with Crippen molar-refractivity contribution < 1.29 is 32.6 Å². The van der Waals surface area contributed by atoms with Crippen molar-refractivity contribution in [1.82, 2.24) is 9.88 Å². The number of carbonyl (C=O) groups excluding carboxylic acids is 1. The van der Waals surface area contributed by atoms with Crippen LogP contribution in [0.3, 0.4) is 0 Å². The van der Waals surface area contributed by atoms with Gasteiger partial charge in [-0.25, -0.2) is 4.98 Å². The maximum atomic E-state index is 12.4. The highest BCUT2D eigenvalue weighted by Crippen LogP contribution is 2.22. The van der Waals surface area contributed by atoms with Gasteiger partial charge in [-0.1, -0.05) is 6.07 Å². The summed E-state index contributed by atoms with van der Waals surface area (Å²) in [6.45, 7) is -0.684. The first kappa shape index (κ1) is 18.0. The van der Waals surface area contributed by atoms with Crippen molar-refractivity contribution in [3.05, 3.63) is 23.9 Å². The molecule has 0 bridgehead atoms. The third kappa shape index (κ3) is 5.39. The Morgan fingerprint density at radius 1 is 1.29 bits per heavy atom. The van der Waals surface area contributed by atoms with E-state index in [2.05, 4.69) is 9.72 Å². The summed E-state index contributed by atoms with van der Waals surface area (Å²) in [5, 5.41) is 8.77. The largest absolute Gasteiger partial charge is 0.481 e. The topological polar surface area (TPSA) is 79.7 Å². The van der Waals surface area contributed by atoms with E-state index in [0.29, 0.717) is 25.9 Å². The summed E-state index contributed by atoms with van der Waals surface area (Å²) in [5.74, 6) is -1.50. The Kier molecular flexibility index (Phi) is 5.63. The van der Waals surface area contributed by atoms with Crippen molar-refractivity contribution in [1.29, 1.82) is 0 Å². The number of alkyl halides is 3. The van der Waals surface area contributed by atoms with Crippen molar-refractivity contribution in [2.75, 3.05) is 19.7 Å². The summed E-state index contributed by atoms with van der Waals surface area (Å²) in [7, 11) is 0. The zero-order chi connectivity index (χ0) is 17.7. The van der Waals surface area contributed by atoms with Gasteiger partial charge in [-0.15, -0.1) is 0 Å². The number of aliphatic carboxylic acids is 1. The zero-order valence-corrected chi connectivity index (χ0v) is 12.8. The van der Waals surface area contributed by atoms with Gasteiger partial charge in [-0.05, 0) is 24.8 Å². The molecule has 1 saturated heterocycles. The average Bonchev–Trinajstić information content (AvgIpc) is 2.52. The minimum absolute atomic E-state index is 0.00589. The van der Waals surface area contributed by atoms with E-state index in [-0.39, 0.29) is 23.9 Å². The molecule has 0 saturated carbocycles. The van der Waals surface area contributed by atoms with Crippen molar-refractivity contribution >= 4 is 11.9 Å². The van der Waals surface area contributed by atoms with Crippen LogP contribution in [0, 0.1) is 5.92 Å². The molecule has 0 unspecified atom stereocenters. The minimum Gasteiger partial charge on any atom is -0.481 e. The lowest BCUT2D eigenvalue weighted by molar-refractivity contribution is -0.154. The lowest BCUT2D eigenvalue weighted by Crippen LogP contribution is -2.39. The first-order chi connectivity index (χ1) is 11.2. The van der Waals surface area contributed by atoms with E-state index in [1.54, 1.807) is 0 Å². The molecule has 132 valence electrons. The first-order valence-corrected chi connectivity index (χ1v) is 7.42. The number of hydrogen-bond acceptors (Lipinski definition) is 4. The number of carbonyl (C=O) groups is 2. The van der Waals surface area contributed by atoms with Crippen LogP contribution in [0.2, 0.25) is 0 Å². The molecule has 24 heavy (non-hydrogen) atoms. The maximum absolute atomic E-state index is 12.4. The van der Waals surface area contributed by atoms with Crippen LogP contribution in [0.15, 0.2) is 18.2 Å². The van der Waals surface area contributed by atoms with Gasteiger partial charge in [-0.2, -0.15) is 13.2 Å². The van der Waals surface area contributed by atoms with Crippen LogP contribution >= 0.6 is 0 Å². The van der Waals surface area contributed by atoms with Gasteiger partial charge in [0.2, 0.25) is 5.88 Å². The molecule has 1 aliphatic rings. The zero-order valence-electron chi connectivity index (χ0n) is 12.8. The predicted octanol–water partition coefficient (Wildman–Crippen LogP) is 2.35. The van der Waals surface area contributed by atoms with E-state index in [1.807, 2.05) is 0 Å². The standard InChI is InChI=1S/C15H17F3N2O4/c16-15(17,18)9-24-12-3-1-2-11(19-12)14(23)20-6-4-10(5-7-20)8-13(21)22/h1-3,10H,4-9H2,(H,21,22). The molecule has 1 aromatic heterocycles. The van der Waals surface area contributed by atoms with Crippen LogP contribution in [-0.2, 0) is 4.79 Å². The van der Waals surface area contributed by atoms with Gasteiger partial charge in [0.15, 0.2) is 6.61 Å². The van der Waals surface area contributed by atoms with E-state index < -0.39 is 24.7 Å². The molecule has 0 aromatic carbocycles. The molecule has 9 heteroatoms. The van der Waals surface area contributed by atoms with Gasteiger partial charge < -0.3 is 14.7 Å². The Hall–Kier alpha value is -2.32. The molecule has 1 fully saturated rings. The molecule has 1 N–H and O–H groups in total. The minimum atomic E-state index is -4.48. The van der Waals surface area contributed by atoms with Crippen LogP contribution < -0.4 is 4.74 Å². The van der Waals surface area contributed by atoms with Crippen LogP contribution in [0.5, 0.6) is 5.88 Å². The average molecular weight is 346 g/mol. The molecule has 1 aromatic rings. The van der Waals surface area contributed by atoms with Crippen molar-refractivity contribution in [3.8, 4) is 5.88 Å². The summed E-state index contributed by atoms with van der Waals surface area (Å²) >= 11 is 0. The number of rotatable bonds is 5. The van der Waals surface area contributed by atoms with Crippen molar-refractivity contribution in [2.45, 2.75) is 25.4 Å². The molecule has 0 radical (unpaired) electrons. The second kappa shape index (κ2) is 7.50. The smallest absolute Gasteiger partial charge is 0.422 e. The molecule has 1 aliphatic heterocycles. The Morgan fingerprint density at radius 2 is 1.96 bits per heavy atom. The van der Waals surface area contributed by atoms with E-state index >= 15 is 0 Å². The number of pyridine rings is 1. The van der Waals surface area contributed by atoms with Crippen LogP contribution in [0.1, 0.15) is 29.8 Å². The maximum Gasteiger partial charge on any atom is 0.422 e. The number of ether oxygens (including phenoxy) is 1. The highest BCUT2D eigenvalue weighted by molar-refractivity contribution is 5.92. The Morgan fingerprint density at radius 3 is 2.54 bits per heavy atom. The fraction of sp³-hybridized carbons (Fsp3) is 0.533. The monoisotopic (exact) mass is 346 g/mol. The molecular weight excluding hydrogens is 329 g/mol. The van der Waals surface area contributed by atoms with E-state index in [0.717, 1.165) is 0 Å². The normalized spacial score (nSPS) is 16.0. The summed E-state index contributed by atoms with van der Waals surface area (Å²) in [6.07, 6.45) is -3.26. The number of hydrogen-bond donors (Lipinski definition) is 1. The lowest BCUT2D eigenvalue weighted by atomic mass is 9.93. The number of halogens is 3. The summed E-state index contributed by atoms with van der Waals surface area (Å²) < 4.78 is 41.0. The molecule has 0 aliphatic carbocycles. The van der Waals surface area contributed by atoms with E-state index in [1.165, 1.54) is 23.1 Å². The number of likely N-dealkylation sites (tertiary alicyclic amines) is 1. The number of carboxylic acid groups (broad SMARTS) is 1. The van der Waals surface area contributed by atoms with E-state index in [9.17, 15) is 22.8 Å². The Labute approximate surface area is 136 Å². The number of carboxylic acids is 1. The van der Waals surface area contributed by atoms with Gasteiger partial charge in [0.05, 0.1) is 0 Å². The SMILES string of the molecule is O=C(O)CC1CCN(C(=O)c2cccc(OCC(F)(F)F)n2)CC1. The fourth-order valence-corrected chi connectivity index (χ4v) is 2.52. The quantitative estimate of drug-likeness (QED) is 0.885. The highest BCUT2D eigenvalue weighted by Gasteiger charge is 2.29. The third-order valence-corrected chi connectivity index (χ3v) is 3.69. The molecule has 1 amide bonds. The Bertz CT molecular complexity index is 599. The first-order valence-electron chi connectivity index (χ1n) is 7.42. The predicted molar refractivity (Wildman–Crippen MR) is 76.7 cm³/mol. The van der Waals surface area contributed by atoms with Crippen molar-refractivity contribution in [2.24, 2.45) is 5.92 Å². The molecule has 2 rings (SSSR count). The number of amides is 1. The molecule has 0 atom stereocenters. The number of nitrogens with zero attached hydrogens (tertiary/aromatic N) is 2. The number of aromatic nitrogens is 1. The summed E-state index contributed by atoms with van der Waals surface area (Å²) in [4.78, 5) is 28.4. The second-order valence-electron chi connectivity index (χ2n) is 5.60. The summed E-state index contributed by atoms with van der Waals surface area (Å²) in [6, 6.07) is 4.07. The van der Waals surface area contributed by atoms with Gasteiger partial charge in [-0.3, -0.25) is 9.59 Å². The highest BCUT2D eigenvalue weighted by atomic mass is 19.4. The van der Waals surface area contributed by atoms with Gasteiger partial charge in [0.25, 0.3) is 5.91 Å². The number of piperidine rings is 1. The molecule has 0 spiro atoms. The van der Waals surface area contributed by atoms with Crippen LogP contribution in [0.4, 0.5) is 13.2 Å². The van der Waals surface area contributed by atoms with Crippen molar-refractivity contribution in [3.63, 3.8) is 0 Å². The van der Waals surface area contributed by atoms with Crippen LogP contribution in [0.25, 0.3) is 0 Å². The van der Waals surface area contributed by atoms with Gasteiger partial charge in [0.1, 0.15) is 5.69 Å². The second-order valence-corrected chi connectivity index (χ2v) is 5.60. The summed E-state index contributed by atoms with van der Waals surface area (Å²) in [5.41, 5.74) is 0.00589. The lowest BCUT2D eigenvalue weighted by Gasteiger charge is -2.31. The molecular formula is C15H17F3N2O4. The van der Waals surface area contributed by atoms with E-state index in [4.69, 9.17) is 5.11 Å². The molecule has 2 heterocycles. The molecule has 6 nitrogen and oxygen atoms in total. The third-order valence-electron chi connectivity index (χ3n) is 3.69. The Balaban J connectivity index is 1.94.